The summed E-state index contributed by atoms with van der Waals surface area (Å²) in [5.41, 5.74) is 4.14. The highest BCUT2D eigenvalue weighted by Crippen LogP contribution is 2.19. The molecule has 0 aliphatic rings. The van der Waals surface area contributed by atoms with Crippen molar-refractivity contribution in [1.82, 2.24) is 0 Å². The van der Waals surface area contributed by atoms with Gasteiger partial charge in [0.05, 0.1) is 7.11 Å². The highest BCUT2D eigenvalue weighted by molar-refractivity contribution is 5.34. The molecular formula is C18H22O. The molecule has 0 bridgehead atoms. The summed E-state index contributed by atoms with van der Waals surface area (Å²) >= 11 is 0. The lowest BCUT2D eigenvalue weighted by atomic mass is 10.0. The zero-order chi connectivity index (χ0) is 13.5. The Bertz CT molecular complexity index is 517. The molecule has 0 aliphatic carbocycles. The lowest BCUT2D eigenvalue weighted by Gasteiger charge is -2.09. The Morgan fingerprint density at radius 2 is 1.58 bits per heavy atom. The highest BCUT2D eigenvalue weighted by atomic mass is 16.5. The maximum Gasteiger partial charge on any atom is 0.122 e. The van der Waals surface area contributed by atoms with Gasteiger partial charge in [0.15, 0.2) is 0 Å². The number of para-hydroxylation sites is 1. The van der Waals surface area contributed by atoms with Crippen LogP contribution in [0, 0.1) is 0 Å². The fourth-order valence-corrected chi connectivity index (χ4v) is 2.42. The van der Waals surface area contributed by atoms with Crippen LogP contribution in [-0.2, 0) is 19.3 Å². The van der Waals surface area contributed by atoms with Crippen molar-refractivity contribution in [2.24, 2.45) is 0 Å². The van der Waals surface area contributed by atoms with Crippen molar-refractivity contribution in [2.45, 2.75) is 32.6 Å². The van der Waals surface area contributed by atoms with Crippen LogP contribution in [0.1, 0.15) is 30.0 Å². The molecular weight excluding hydrogens is 232 g/mol. The highest BCUT2D eigenvalue weighted by Gasteiger charge is 2.02. The molecule has 2 aromatic rings. The van der Waals surface area contributed by atoms with Gasteiger partial charge in [-0.05, 0) is 42.0 Å². The average Bonchev–Trinajstić information content (AvgIpc) is 2.46. The van der Waals surface area contributed by atoms with Crippen molar-refractivity contribution in [3.63, 3.8) is 0 Å². The topological polar surface area (TPSA) is 9.23 Å². The van der Waals surface area contributed by atoms with Crippen molar-refractivity contribution < 1.29 is 4.74 Å². The molecule has 1 nitrogen and oxygen atoms in total. The number of rotatable bonds is 6. The van der Waals surface area contributed by atoms with E-state index in [2.05, 4.69) is 43.3 Å². The Labute approximate surface area is 116 Å². The Morgan fingerprint density at radius 1 is 0.842 bits per heavy atom. The van der Waals surface area contributed by atoms with Gasteiger partial charge >= 0.3 is 0 Å². The molecule has 0 fully saturated rings. The predicted octanol–water partition coefficient (Wildman–Crippen LogP) is 4.43. The molecule has 0 aliphatic heterocycles. The fraction of sp³-hybridized carbons (Fsp3) is 0.333. The smallest absolute Gasteiger partial charge is 0.122 e. The van der Waals surface area contributed by atoms with E-state index in [1.807, 2.05) is 12.1 Å². The van der Waals surface area contributed by atoms with E-state index in [0.29, 0.717) is 0 Å². The SMILES string of the molecule is CCCc1cccc(CCc2ccccc2OC)c1. The summed E-state index contributed by atoms with van der Waals surface area (Å²) in [5.74, 6) is 0.993. The molecule has 0 radical (unpaired) electrons. The Kier molecular flexibility index (Phi) is 5.02. The van der Waals surface area contributed by atoms with Gasteiger partial charge in [-0.15, -0.1) is 0 Å². The number of aryl methyl sites for hydroxylation is 3. The van der Waals surface area contributed by atoms with Crippen LogP contribution in [0.25, 0.3) is 0 Å². The second-order valence-electron chi connectivity index (χ2n) is 4.88. The normalized spacial score (nSPS) is 10.4. The van der Waals surface area contributed by atoms with E-state index >= 15 is 0 Å². The van der Waals surface area contributed by atoms with Crippen molar-refractivity contribution in [1.29, 1.82) is 0 Å². The summed E-state index contributed by atoms with van der Waals surface area (Å²) in [6.07, 6.45) is 4.47. The first-order valence-corrected chi connectivity index (χ1v) is 7.03. The first-order chi connectivity index (χ1) is 9.33. The minimum atomic E-state index is 0.993. The number of benzene rings is 2. The van der Waals surface area contributed by atoms with Gasteiger partial charge in [0.1, 0.15) is 5.75 Å². The van der Waals surface area contributed by atoms with Gasteiger partial charge in [-0.2, -0.15) is 0 Å². The van der Waals surface area contributed by atoms with E-state index < -0.39 is 0 Å². The summed E-state index contributed by atoms with van der Waals surface area (Å²) in [7, 11) is 1.74. The molecule has 0 aromatic heterocycles. The number of ether oxygens (including phenoxy) is 1. The maximum absolute atomic E-state index is 5.40. The second kappa shape index (κ2) is 6.98. The third kappa shape index (κ3) is 3.85. The van der Waals surface area contributed by atoms with Gasteiger partial charge in [-0.3, -0.25) is 0 Å². The molecule has 100 valence electrons. The molecule has 0 amide bonds. The number of hydrogen-bond donors (Lipinski definition) is 0. The molecule has 0 unspecified atom stereocenters. The molecule has 0 N–H and O–H groups in total. The molecule has 1 heteroatoms. The summed E-state index contributed by atoms with van der Waals surface area (Å²) in [5, 5.41) is 0. The lowest BCUT2D eigenvalue weighted by Crippen LogP contribution is -1.96. The van der Waals surface area contributed by atoms with Gasteiger partial charge in [0.25, 0.3) is 0 Å². The van der Waals surface area contributed by atoms with Crippen LogP contribution in [0.4, 0.5) is 0 Å². The Hall–Kier alpha value is -1.76. The van der Waals surface area contributed by atoms with Crippen LogP contribution in [0.2, 0.25) is 0 Å². The van der Waals surface area contributed by atoms with Crippen molar-refractivity contribution in [3.8, 4) is 5.75 Å². The van der Waals surface area contributed by atoms with Crippen LogP contribution in [-0.4, -0.2) is 7.11 Å². The van der Waals surface area contributed by atoms with E-state index in [1.165, 1.54) is 29.5 Å². The van der Waals surface area contributed by atoms with Crippen molar-refractivity contribution in [2.75, 3.05) is 7.11 Å². The molecule has 19 heavy (non-hydrogen) atoms. The Morgan fingerprint density at radius 3 is 2.32 bits per heavy atom. The molecule has 0 saturated carbocycles. The van der Waals surface area contributed by atoms with Crippen LogP contribution in [0.3, 0.4) is 0 Å². The molecule has 0 heterocycles. The quantitative estimate of drug-likeness (QED) is 0.741. The molecule has 0 saturated heterocycles. The van der Waals surface area contributed by atoms with E-state index in [4.69, 9.17) is 4.74 Å². The minimum Gasteiger partial charge on any atom is -0.496 e. The Balaban J connectivity index is 2.03. The third-order valence-corrected chi connectivity index (χ3v) is 3.41. The molecule has 2 rings (SSSR count). The summed E-state index contributed by atoms with van der Waals surface area (Å²) in [4.78, 5) is 0. The van der Waals surface area contributed by atoms with Gasteiger partial charge in [-0.25, -0.2) is 0 Å². The van der Waals surface area contributed by atoms with E-state index in [-0.39, 0.29) is 0 Å². The first kappa shape index (κ1) is 13.7. The standard InChI is InChI=1S/C18H22O/c1-3-7-15-8-6-9-16(14-15)12-13-17-10-4-5-11-18(17)19-2/h4-6,8-11,14H,3,7,12-13H2,1-2H3. The van der Waals surface area contributed by atoms with Gasteiger partial charge < -0.3 is 4.74 Å². The van der Waals surface area contributed by atoms with Crippen LogP contribution < -0.4 is 4.74 Å². The predicted molar refractivity (Wildman–Crippen MR) is 80.8 cm³/mol. The van der Waals surface area contributed by atoms with Gasteiger partial charge in [0.2, 0.25) is 0 Å². The summed E-state index contributed by atoms with van der Waals surface area (Å²) < 4.78 is 5.40. The maximum atomic E-state index is 5.40. The first-order valence-electron chi connectivity index (χ1n) is 7.03. The molecule has 2 aromatic carbocycles. The van der Waals surface area contributed by atoms with Crippen LogP contribution in [0.5, 0.6) is 5.75 Å². The second-order valence-corrected chi connectivity index (χ2v) is 4.88. The van der Waals surface area contributed by atoms with Gasteiger partial charge in [-0.1, -0.05) is 55.8 Å². The summed E-state index contributed by atoms with van der Waals surface area (Å²) in [6, 6.07) is 17.2. The van der Waals surface area contributed by atoms with Crippen LogP contribution in [0.15, 0.2) is 48.5 Å². The minimum absolute atomic E-state index is 0.993. The van der Waals surface area contributed by atoms with Crippen LogP contribution >= 0.6 is 0 Å². The fourth-order valence-electron chi connectivity index (χ4n) is 2.42. The summed E-state index contributed by atoms with van der Waals surface area (Å²) in [6.45, 7) is 2.22. The van der Waals surface area contributed by atoms with E-state index in [1.54, 1.807) is 7.11 Å². The van der Waals surface area contributed by atoms with Crippen molar-refractivity contribution >= 4 is 0 Å². The number of methoxy groups -OCH3 is 1. The lowest BCUT2D eigenvalue weighted by molar-refractivity contribution is 0.409. The van der Waals surface area contributed by atoms with E-state index in [0.717, 1.165) is 18.6 Å². The largest absolute Gasteiger partial charge is 0.496 e. The zero-order valence-corrected chi connectivity index (χ0v) is 11.9. The van der Waals surface area contributed by atoms with E-state index in [9.17, 15) is 0 Å². The van der Waals surface area contributed by atoms with Gasteiger partial charge in [0, 0.05) is 0 Å². The molecule has 0 atom stereocenters. The average molecular weight is 254 g/mol. The van der Waals surface area contributed by atoms with Crippen molar-refractivity contribution in [3.05, 3.63) is 65.2 Å². The molecule has 0 spiro atoms. The number of hydrogen-bond acceptors (Lipinski definition) is 1. The third-order valence-electron chi connectivity index (χ3n) is 3.41. The monoisotopic (exact) mass is 254 g/mol. The zero-order valence-electron chi connectivity index (χ0n) is 11.9.